The zero-order valence-corrected chi connectivity index (χ0v) is 16.3. The summed E-state index contributed by atoms with van der Waals surface area (Å²) in [5.41, 5.74) is 3.01. The van der Waals surface area contributed by atoms with Gasteiger partial charge in [-0.05, 0) is 55.7 Å². The van der Waals surface area contributed by atoms with E-state index in [1.807, 2.05) is 36.9 Å². The van der Waals surface area contributed by atoms with E-state index in [0.29, 0.717) is 18.7 Å². The summed E-state index contributed by atoms with van der Waals surface area (Å²) in [6.45, 7) is 4.87. The molecule has 4 rings (SSSR count). The van der Waals surface area contributed by atoms with Crippen molar-refractivity contribution >= 4 is 28.8 Å². The molecule has 1 saturated heterocycles. The van der Waals surface area contributed by atoms with Crippen molar-refractivity contribution in [3.05, 3.63) is 58.7 Å². The van der Waals surface area contributed by atoms with Gasteiger partial charge in [-0.3, -0.25) is 19.5 Å². The van der Waals surface area contributed by atoms with Crippen LogP contribution < -0.4 is 5.32 Å². The van der Waals surface area contributed by atoms with Crippen molar-refractivity contribution in [1.29, 1.82) is 0 Å². The van der Waals surface area contributed by atoms with Crippen molar-refractivity contribution in [3.8, 4) is 0 Å². The lowest BCUT2D eigenvalue weighted by molar-refractivity contribution is -0.117. The van der Waals surface area contributed by atoms with Crippen molar-refractivity contribution in [3.63, 3.8) is 0 Å². The third-order valence-electron chi connectivity index (χ3n) is 5.58. The summed E-state index contributed by atoms with van der Waals surface area (Å²) in [4.78, 5) is 31.3. The van der Waals surface area contributed by atoms with Gasteiger partial charge >= 0.3 is 0 Å². The highest BCUT2D eigenvalue weighted by molar-refractivity contribution is 6.18. The number of hydrogen-bond acceptors (Lipinski definition) is 4. The molecule has 1 N–H and O–H groups in total. The van der Waals surface area contributed by atoms with Gasteiger partial charge in [0.1, 0.15) is 17.3 Å². The number of fused-ring (bicyclic) bond motifs is 2. The highest BCUT2D eigenvalue weighted by Crippen LogP contribution is 2.35. The molecule has 0 radical (unpaired) electrons. The van der Waals surface area contributed by atoms with Gasteiger partial charge < -0.3 is 5.32 Å². The molecule has 1 fully saturated rings. The average Bonchev–Trinajstić information content (AvgIpc) is 2.68. The fraction of sp³-hybridized carbons (Fsp3) is 0.318. The van der Waals surface area contributed by atoms with Crippen LogP contribution in [0.3, 0.4) is 0 Å². The number of anilines is 1. The number of carbonyl (C=O) groups excluding carboxylic acids is 2. The maximum Gasteiger partial charge on any atom is 0.238 e. The predicted octanol–water partition coefficient (Wildman–Crippen LogP) is 3.81. The van der Waals surface area contributed by atoms with E-state index in [0.717, 1.165) is 28.9 Å². The first kappa shape index (κ1) is 19.4. The smallest absolute Gasteiger partial charge is 0.238 e. The Labute approximate surface area is 167 Å². The molecule has 7 heteroatoms. The van der Waals surface area contributed by atoms with Crippen LogP contribution in [0.25, 0.3) is 0 Å². The standard InChI is InChI=1S/C22H21F2N3O2/c1-12-3-4-14(9-13(12)2)25-19(28)11-27-8-7-18-15(10-27)22(29)20-16(23)5-6-17(24)21(20)26-18/h3-6,9,15H,7-8,10-11H2,1-2H3,(H,25,28). The van der Waals surface area contributed by atoms with Crippen LogP contribution in [-0.4, -0.2) is 41.9 Å². The van der Waals surface area contributed by atoms with Crippen molar-refractivity contribution < 1.29 is 18.4 Å². The first-order valence-corrected chi connectivity index (χ1v) is 9.52. The first-order chi connectivity index (χ1) is 13.8. The van der Waals surface area contributed by atoms with Crippen LogP contribution in [0.1, 0.15) is 27.9 Å². The molecule has 150 valence electrons. The maximum absolute atomic E-state index is 14.1. The molecule has 2 aromatic carbocycles. The second-order valence-corrected chi connectivity index (χ2v) is 7.61. The highest BCUT2D eigenvalue weighted by atomic mass is 19.1. The Bertz CT molecular complexity index is 1050. The molecule has 0 aromatic heterocycles. The highest BCUT2D eigenvalue weighted by Gasteiger charge is 2.38. The number of ketones is 1. The largest absolute Gasteiger partial charge is 0.325 e. The van der Waals surface area contributed by atoms with Gasteiger partial charge in [-0.2, -0.15) is 0 Å². The Morgan fingerprint density at radius 3 is 2.69 bits per heavy atom. The van der Waals surface area contributed by atoms with E-state index < -0.39 is 23.3 Å². The SMILES string of the molecule is Cc1ccc(NC(=O)CN2CCC3=Nc4c(F)ccc(F)c4C(=O)C3C2)cc1C. The summed E-state index contributed by atoms with van der Waals surface area (Å²) < 4.78 is 28.1. The van der Waals surface area contributed by atoms with Gasteiger partial charge in [-0.1, -0.05) is 6.07 Å². The van der Waals surface area contributed by atoms with E-state index >= 15 is 0 Å². The number of nitrogens with one attached hydrogen (secondary N) is 1. The van der Waals surface area contributed by atoms with Crippen LogP contribution in [0.15, 0.2) is 35.3 Å². The molecule has 0 bridgehead atoms. The monoisotopic (exact) mass is 397 g/mol. The summed E-state index contributed by atoms with van der Waals surface area (Å²) in [6, 6.07) is 7.63. The van der Waals surface area contributed by atoms with E-state index in [9.17, 15) is 18.4 Å². The Kier molecular flexibility index (Phi) is 5.00. The second kappa shape index (κ2) is 7.48. The quantitative estimate of drug-likeness (QED) is 0.857. The molecule has 2 aromatic rings. The fourth-order valence-electron chi connectivity index (χ4n) is 3.84. The zero-order chi connectivity index (χ0) is 20.7. The minimum absolute atomic E-state index is 0.114. The fourth-order valence-corrected chi connectivity index (χ4v) is 3.84. The average molecular weight is 397 g/mol. The lowest BCUT2D eigenvalue weighted by Crippen LogP contribution is -2.48. The predicted molar refractivity (Wildman–Crippen MR) is 107 cm³/mol. The number of hydrogen-bond donors (Lipinski definition) is 1. The number of benzene rings is 2. The van der Waals surface area contributed by atoms with Crippen molar-refractivity contribution in [2.75, 3.05) is 25.0 Å². The van der Waals surface area contributed by atoms with E-state index in [1.165, 1.54) is 0 Å². The number of Topliss-reactive ketones (excluding diaryl/α,β-unsaturated/α-hetero) is 1. The summed E-state index contributed by atoms with van der Waals surface area (Å²) in [5.74, 6) is -2.77. The summed E-state index contributed by atoms with van der Waals surface area (Å²) in [5, 5.41) is 2.87. The van der Waals surface area contributed by atoms with Gasteiger partial charge in [0.25, 0.3) is 0 Å². The van der Waals surface area contributed by atoms with Crippen LogP contribution >= 0.6 is 0 Å². The molecule has 2 aliphatic heterocycles. The molecular formula is C22H21F2N3O2. The van der Waals surface area contributed by atoms with Crippen LogP contribution in [-0.2, 0) is 4.79 Å². The minimum Gasteiger partial charge on any atom is -0.325 e. The Hall–Kier alpha value is -2.93. The lowest BCUT2D eigenvalue weighted by atomic mass is 9.84. The number of nitrogens with zero attached hydrogens (tertiary/aromatic N) is 2. The maximum atomic E-state index is 14.1. The molecule has 5 nitrogen and oxygen atoms in total. The second-order valence-electron chi connectivity index (χ2n) is 7.61. The van der Waals surface area contributed by atoms with E-state index in [4.69, 9.17) is 0 Å². The molecule has 1 unspecified atom stereocenters. The molecule has 2 aliphatic rings. The molecule has 29 heavy (non-hydrogen) atoms. The van der Waals surface area contributed by atoms with Crippen LogP contribution in [0.4, 0.5) is 20.2 Å². The van der Waals surface area contributed by atoms with Gasteiger partial charge in [0.15, 0.2) is 5.78 Å². The molecule has 0 saturated carbocycles. The van der Waals surface area contributed by atoms with Crippen molar-refractivity contribution in [1.82, 2.24) is 4.90 Å². The normalized spacial score (nSPS) is 18.7. The molecule has 2 heterocycles. The molecule has 0 spiro atoms. The van der Waals surface area contributed by atoms with Crippen LogP contribution in [0.2, 0.25) is 0 Å². The van der Waals surface area contributed by atoms with Gasteiger partial charge in [0.2, 0.25) is 5.91 Å². The van der Waals surface area contributed by atoms with Crippen molar-refractivity contribution in [2.24, 2.45) is 10.9 Å². The van der Waals surface area contributed by atoms with Gasteiger partial charge in [0.05, 0.1) is 18.0 Å². The van der Waals surface area contributed by atoms with E-state index in [-0.39, 0.29) is 30.2 Å². The summed E-state index contributed by atoms with van der Waals surface area (Å²) >= 11 is 0. The zero-order valence-electron chi connectivity index (χ0n) is 16.3. The number of aryl methyl sites for hydroxylation is 2. The first-order valence-electron chi connectivity index (χ1n) is 9.52. The molecular weight excluding hydrogens is 376 g/mol. The van der Waals surface area contributed by atoms with Gasteiger partial charge in [-0.15, -0.1) is 0 Å². The topological polar surface area (TPSA) is 61.8 Å². The van der Waals surface area contributed by atoms with Crippen molar-refractivity contribution in [2.45, 2.75) is 20.3 Å². The lowest BCUT2D eigenvalue weighted by Gasteiger charge is -2.34. The number of rotatable bonds is 3. The van der Waals surface area contributed by atoms with Crippen LogP contribution in [0, 0.1) is 31.4 Å². The Morgan fingerprint density at radius 1 is 1.17 bits per heavy atom. The molecule has 1 amide bonds. The molecule has 1 atom stereocenters. The summed E-state index contributed by atoms with van der Waals surface area (Å²) in [6.07, 6.45) is 0.433. The Morgan fingerprint density at radius 2 is 1.93 bits per heavy atom. The third-order valence-corrected chi connectivity index (χ3v) is 5.58. The third kappa shape index (κ3) is 3.70. The minimum atomic E-state index is -0.765. The number of carbonyl (C=O) groups is 2. The van der Waals surface area contributed by atoms with E-state index in [1.54, 1.807) is 0 Å². The number of halogens is 2. The number of aliphatic imine (C=N–C) groups is 1. The Balaban J connectivity index is 1.46. The van der Waals surface area contributed by atoms with Crippen LogP contribution in [0.5, 0.6) is 0 Å². The van der Waals surface area contributed by atoms with Gasteiger partial charge in [-0.25, -0.2) is 8.78 Å². The van der Waals surface area contributed by atoms with E-state index in [2.05, 4.69) is 10.3 Å². The number of piperidine rings is 1. The van der Waals surface area contributed by atoms with Gasteiger partial charge in [0, 0.05) is 24.5 Å². The summed E-state index contributed by atoms with van der Waals surface area (Å²) in [7, 11) is 0. The number of likely N-dealkylation sites (tertiary alicyclic amines) is 1. The number of amides is 1. The molecule has 0 aliphatic carbocycles.